The number of thiocarbonyl (C=S) groups is 1. The third kappa shape index (κ3) is 5.34. The van der Waals surface area contributed by atoms with Gasteiger partial charge in [0.05, 0.1) is 12.8 Å². The molecule has 0 aliphatic carbocycles. The number of hydrogen-bond donors (Lipinski definition) is 1. The molecule has 1 aliphatic heterocycles. The summed E-state index contributed by atoms with van der Waals surface area (Å²) in [6.45, 7) is 5.42. The number of carbonyl (C=O) groups excluding carboxylic acids is 1. The highest BCUT2D eigenvalue weighted by atomic mass is 35.5. The molecule has 0 aromatic heterocycles. The van der Waals surface area contributed by atoms with E-state index >= 15 is 0 Å². The number of halogens is 1. The van der Waals surface area contributed by atoms with Gasteiger partial charge < -0.3 is 9.47 Å². The highest BCUT2D eigenvalue weighted by Crippen LogP contribution is 2.26. The van der Waals surface area contributed by atoms with Crippen LogP contribution in [-0.2, 0) is 11.2 Å². The minimum atomic E-state index is -0.691. The van der Waals surface area contributed by atoms with Crippen LogP contribution < -0.4 is 10.1 Å². The van der Waals surface area contributed by atoms with Crippen LogP contribution >= 0.6 is 23.8 Å². The average molecular weight is 431 g/mol. The van der Waals surface area contributed by atoms with Crippen molar-refractivity contribution in [2.24, 2.45) is 4.99 Å². The molecule has 0 fully saturated rings. The summed E-state index contributed by atoms with van der Waals surface area (Å²) < 4.78 is 10.8. The smallest absolute Gasteiger partial charge is 0.409 e. The molecule has 0 bridgehead atoms. The number of aliphatic imine (C=N–C) groups is 1. The van der Waals surface area contributed by atoms with Crippen molar-refractivity contribution in [2.75, 3.05) is 7.11 Å². The number of carbonyl (C=O) groups is 1. The standard InChI is InChI=1S/C22H23ClN2O3S/c1-22(2,3)28-21(26)25-20-18(29)11-14-7-10-16(27-4)12-17(14)19(24-20)13-5-8-15(23)9-6-13/h5-10,12,20H,11H2,1-4H3,(H,25,26). The fourth-order valence-electron chi connectivity index (χ4n) is 2.98. The van der Waals surface area contributed by atoms with E-state index in [0.717, 1.165) is 22.4 Å². The maximum absolute atomic E-state index is 12.3. The molecule has 1 heterocycles. The van der Waals surface area contributed by atoms with Crippen molar-refractivity contribution < 1.29 is 14.3 Å². The SMILES string of the molecule is COc1ccc2c(c1)C(c1ccc(Cl)cc1)=NC(NC(=O)OC(C)(C)C)C(=S)C2. The molecular formula is C22H23ClN2O3S. The molecule has 2 aromatic rings. The Bertz CT molecular complexity index is 965. The predicted molar refractivity (Wildman–Crippen MR) is 120 cm³/mol. The van der Waals surface area contributed by atoms with E-state index in [4.69, 9.17) is 38.3 Å². The van der Waals surface area contributed by atoms with Gasteiger partial charge in [0, 0.05) is 27.4 Å². The van der Waals surface area contributed by atoms with Gasteiger partial charge in [-0.2, -0.15) is 0 Å². The number of alkyl carbamates (subject to hydrolysis) is 1. The first-order valence-electron chi connectivity index (χ1n) is 9.19. The van der Waals surface area contributed by atoms with Crippen molar-refractivity contribution in [3.05, 3.63) is 64.2 Å². The minimum absolute atomic E-state index is 0.496. The summed E-state index contributed by atoms with van der Waals surface area (Å²) in [6.07, 6.45) is -0.757. The van der Waals surface area contributed by atoms with E-state index in [1.54, 1.807) is 19.2 Å². The molecule has 29 heavy (non-hydrogen) atoms. The topological polar surface area (TPSA) is 59.9 Å². The molecule has 3 rings (SSSR count). The summed E-state index contributed by atoms with van der Waals surface area (Å²) in [5.74, 6) is 0.717. The Labute approximate surface area is 181 Å². The number of rotatable bonds is 3. The number of hydrogen-bond acceptors (Lipinski definition) is 5. The summed E-state index contributed by atoms with van der Waals surface area (Å²) in [4.78, 5) is 17.8. The lowest BCUT2D eigenvalue weighted by molar-refractivity contribution is 0.0520. The van der Waals surface area contributed by atoms with E-state index in [0.29, 0.717) is 22.0 Å². The summed E-state index contributed by atoms with van der Waals surface area (Å²) in [7, 11) is 1.62. The molecular weight excluding hydrogens is 408 g/mol. The monoisotopic (exact) mass is 430 g/mol. The van der Waals surface area contributed by atoms with Crippen LogP contribution in [0.3, 0.4) is 0 Å². The van der Waals surface area contributed by atoms with Crippen molar-refractivity contribution >= 4 is 40.5 Å². The number of nitrogens with zero attached hydrogens (tertiary/aromatic N) is 1. The second-order valence-electron chi connectivity index (χ2n) is 7.70. The number of nitrogens with one attached hydrogen (secondary N) is 1. The Hall–Kier alpha value is -2.44. The molecule has 1 aliphatic rings. The number of amides is 1. The van der Waals surface area contributed by atoms with Crippen LogP contribution in [0.4, 0.5) is 4.79 Å². The van der Waals surface area contributed by atoms with Crippen molar-refractivity contribution in [2.45, 2.75) is 39.0 Å². The zero-order chi connectivity index (χ0) is 21.2. The summed E-state index contributed by atoms with van der Waals surface area (Å²) in [5.41, 5.74) is 2.87. The first-order chi connectivity index (χ1) is 13.7. The molecule has 0 radical (unpaired) electrons. The second kappa shape index (κ2) is 8.51. The van der Waals surface area contributed by atoms with E-state index in [-0.39, 0.29) is 0 Å². The van der Waals surface area contributed by atoms with Gasteiger partial charge in [0.15, 0.2) is 6.17 Å². The zero-order valence-electron chi connectivity index (χ0n) is 16.8. The highest BCUT2D eigenvalue weighted by molar-refractivity contribution is 7.80. The van der Waals surface area contributed by atoms with Crippen molar-refractivity contribution in [3.8, 4) is 5.75 Å². The molecule has 0 saturated heterocycles. The average Bonchev–Trinajstić information content (AvgIpc) is 2.77. The largest absolute Gasteiger partial charge is 0.497 e. The first-order valence-corrected chi connectivity index (χ1v) is 9.98. The molecule has 0 saturated carbocycles. The van der Waals surface area contributed by atoms with Crippen molar-refractivity contribution in [1.82, 2.24) is 5.32 Å². The molecule has 1 amide bonds. The molecule has 1 unspecified atom stereocenters. The van der Waals surface area contributed by atoms with Crippen molar-refractivity contribution in [3.63, 3.8) is 0 Å². The van der Waals surface area contributed by atoms with Gasteiger partial charge in [-0.1, -0.05) is 42.0 Å². The minimum Gasteiger partial charge on any atom is -0.497 e. The number of methoxy groups -OCH3 is 1. The van der Waals surface area contributed by atoms with Gasteiger partial charge in [0.2, 0.25) is 0 Å². The second-order valence-corrected chi connectivity index (χ2v) is 8.66. The van der Waals surface area contributed by atoms with Crippen LogP contribution in [0.25, 0.3) is 0 Å². The number of fused-ring (bicyclic) bond motifs is 1. The van der Waals surface area contributed by atoms with Gasteiger partial charge in [-0.3, -0.25) is 10.3 Å². The predicted octanol–water partition coefficient (Wildman–Crippen LogP) is 4.96. The van der Waals surface area contributed by atoms with Crippen LogP contribution in [-0.4, -0.2) is 35.5 Å². The third-order valence-electron chi connectivity index (χ3n) is 4.27. The third-order valence-corrected chi connectivity index (χ3v) is 4.89. The van der Waals surface area contributed by atoms with Crippen LogP contribution in [0.5, 0.6) is 5.75 Å². The van der Waals surface area contributed by atoms with Gasteiger partial charge in [0.25, 0.3) is 0 Å². The summed E-state index contributed by atoms with van der Waals surface area (Å²) >= 11 is 11.7. The lowest BCUT2D eigenvalue weighted by Crippen LogP contribution is -2.42. The van der Waals surface area contributed by atoms with Gasteiger partial charge in [0.1, 0.15) is 11.4 Å². The Morgan fingerprint density at radius 2 is 1.90 bits per heavy atom. The normalized spacial score (nSPS) is 16.4. The van der Waals surface area contributed by atoms with Crippen molar-refractivity contribution in [1.29, 1.82) is 0 Å². The molecule has 7 heteroatoms. The fraction of sp³-hybridized carbons (Fsp3) is 0.318. The van der Waals surface area contributed by atoms with Gasteiger partial charge in [-0.25, -0.2) is 4.79 Å². The lowest BCUT2D eigenvalue weighted by atomic mass is 9.95. The van der Waals surface area contributed by atoms with Gasteiger partial charge >= 0.3 is 6.09 Å². The van der Waals surface area contributed by atoms with Crippen LogP contribution in [0.1, 0.15) is 37.5 Å². The molecule has 152 valence electrons. The molecule has 1 atom stereocenters. The zero-order valence-corrected chi connectivity index (χ0v) is 18.4. The van der Waals surface area contributed by atoms with E-state index in [1.807, 2.05) is 51.1 Å². The number of benzene rings is 2. The van der Waals surface area contributed by atoms with E-state index in [1.165, 1.54) is 0 Å². The molecule has 2 aromatic carbocycles. The van der Waals surface area contributed by atoms with E-state index in [2.05, 4.69) is 5.32 Å². The fourth-order valence-corrected chi connectivity index (χ4v) is 3.38. The summed E-state index contributed by atoms with van der Waals surface area (Å²) in [6, 6.07) is 13.2. The summed E-state index contributed by atoms with van der Waals surface area (Å²) in [5, 5.41) is 3.42. The Kier molecular flexibility index (Phi) is 6.24. The number of ether oxygens (including phenoxy) is 2. The molecule has 1 N–H and O–H groups in total. The molecule has 0 spiro atoms. The molecule has 5 nitrogen and oxygen atoms in total. The van der Waals surface area contributed by atoms with E-state index < -0.39 is 17.9 Å². The highest BCUT2D eigenvalue weighted by Gasteiger charge is 2.27. The van der Waals surface area contributed by atoms with Crippen LogP contribution in [0, 0.1) is 0 Å². The van der Waals surface area contributed by atoms with E-state index in [9.17, 15) is 4.79 Å². The van der Waals surface area contributed by atoms with Gasteiger partial charge in [-0.05, 0) is 50.6 Å². The Morgan fingerprint density at radius 1 is 1.21 bits per heavy atom. The maximum atomic E-state index is 12.3. The quantitative estimate of drug-likeness (QED) is 0.699. The maximum Gasteiger partial charge on any atom is 0.409 e. The van der Waals surface area contributed by atoms with Gasteiger partial charge in [-0.15, -0.1) is 0 Å². The lowest BCUT2D eigenvalue weighted by Gasteiger charge is -2.22. The Morgan fingerprint density at radius 3 is 2.52 bits per heavy atom. The van der Waals surface area contributed by atoms with Crippen LogP contribution in [0.2, 0.25) is 5.02 Å². The first kappa shape index (κ1) is 21.3. The van der Waals surface area contributed by atoms with Crippen LogP contribution in [0.15, 0.2) is 47.5 Å². The Balaban J connectivity index is 2.06.